The Morgan fingerprint density at radius 2 is 1.86 bits per heavy atom. The summed E-state index contributed by atoms with van der Waals surface area (Å²) >= 11 is 0. The number of nitrogens with one attached hydrogen (secondary N) is 1. The first-order valence-electron chi connectivity index (χ1n) is 6.01. The van der Waals surface area contributed by atoms with Crippen LogP contribution in [-0.2, 0) is 17.5 Å². The van der Waals surface area contributed by atoms with Gasteiger partial charge in [0.05, 0.1) is 18.2 Å². The molecule has 8 heteroatoms. The topological polar surface area (TPSA) is 75.6 Å². The van der Waals surface area contributed by atoms with E-state index < -0.39 is 30.3 Å². The molecule has 0 atom stereocenters. The molecule has 0 heterocycles. The number of hydrogen-bond acceptors (Lipinski definition) is 3. The van der Waals surface area contributed by atoms with Crippen LogP contribution in [0.1, 0.15) is 35.3 Å². The Bertz CT molecular complexity index is 501. The number of carboxylic acid groups (broad SMARTS) is 1. The highest BCUT2D eigenvalue weighted by molar-refractivity contribution is 5.89. The summed E-state index contributed by atoms with van der Waals surface area (Å²) in [4.78, 5) is 21.5. The number of rotatable bonds is 3. The van der Waals surface area contributed by atoms with Crippen molar-refractivity contribution in [1.29, 1.82) is 0 Å². The van der Waals surface area contributed by atoms with E-state index >= 15 is 0 Å². The maximum absolute atomic E-state index is 12.8. The Labute approximate surface area is 119 Å². The average molecular weight is 307 g/mol. The number of amides is 1. The SMILES string of the molecule is CC.COC(=O)c1ccc(CNC(=O)O)c(C(F)(F)F)c1. The van der Waals surface area contributed by atoms with Crippen molar-refractivity contribution < 1.29 is 32.6 Å². The van der Waals surface area contributed by atoms with E-state index in [0.717, 1.165) is 19.2 Å². The summed E-state index contributed by atoms with van der Waals surface area (Å²) in [5.74, 6) is -0.900. The molecule has 0 aliphatic carbocycles. The summed E-state index contributed by atoms with van der Waals surface area (Å²) in [5.41, 5.74) is -1.61. The number of halogens is 3. The Kier molecular flexibility index (Phi) is 7.26. The number of benzene rings is 1. The van der Waals surface area contributed by atoms with Gasteiger partial charge < -0.3 is 15.2 Å². The van der Waals surface area contributed by atoms with Crippen LogP contribution >= 0.6 is 0 Å². The summed E-state index contributed by atoms with van der Waals surface area (Å²) in [6, 6.07) is 2.80. The molecular weight excluding hydrogens is 291 g/mol. The van der Waals surface area contributed by atoms with Crippen LogP contribution in [0.25, 0.3) is 0 Å². The minimum atomic E-state index is -4.69. The van der Waals surface area contributed by atoms with Crippen molar-refractivity contribution in [2.75, 3.05) is 7.11 Å². The predicted molar refractivity (Wildman–Crippen MR) is 69.0 cm³/mol. The fourth-order valence-electron chi connectivity index (χ4n) is 1.41. The first kappa shape index (κ1) is 18.8. The normalized spacial score (nSPS) is 10.2. The van der Waals surface area contributed by atoms with Crippen LogP contribution in [-0.4, -0.2) is 24.3 Å². The molecule has 0 aromatic heterocycles. The van der Waals surface area contributed by atoms with Gasteiger partial charge in [-0.25, -0.2) is 9.59 Å². The van der Waals surface area contributed by atoms with E-state index in [1.165, 1.54) is 0 Å². The van der Waals surface area contributed by atoms with Gasteiger partial charge in [-0.2, -0.15) is 13.2 Å². The van der Waals surface area contributed by atoms with Crippen molar-refractivity contribution in [2.24, 2.45) is 0 Å². The van der Waals surface area contributed by atoms with Gasteiger partial charge in [-0.1, -0.05) is 19.9 Å². The molecule has 118 valence electrons. The minimum absolute atomic E-state index is 0.256. The summed E-state index contributed by atoms with van der Waals surface area (Å²) in [7, 11) is 1.05. The molecule has 1 rings (SSSR count). The van der Waals surface area contributed by atoms with Gasteiger partial charge >= 0.3 is 18.2 Å². The predicted octanol–water partition coefficient (Wildman–Crippen LogP) is 3.29. The molecule has 0 unspecified atom stereocenters. The van der Waals surface area contributed by atoms with E-state index in [1.54, 1.807) is 0 Å². The highest BCUT2D eigenvalue weighted by atomic mass is 19.4. The fraction of sp³-hybridized carbons (Fsp3) is 0.385. The minimum Gasteiger partial charge on any atom is -0.465 e. The molecule has 1 aromatic carbocycles. The third kappa shape index (κ3) is 5.72. The van der Waals surface area contributed by atoms with Gasteiger partial charge in [0.15, 0.2) is 0 Å². The maximum Gasteiger partial charge on any atom is 0.416 e. The molecule has 0 fully saturated rings. The maximum atomic E-state index is 12.8. The number of carbonyl (C=O) groups is 2. The fourth-order valence-corrected chi connectivity index (χ4v) is 1.41. The van der Waals surface area contributed by atoms with E-state index in [2.05, 4.69) is 4.74 Å². The smallest absolute Gasteiger partial charge is 0.416 e. The lowest BCUT2D eigenvalue weighted by Gasteiger charge is -2.14. The van der Waals surface area contributed by atoms with Crippen LogP contribution in [0.2, 0.25) is 0 Å². The van der Waals surface area contributed by atoms with Crippen LogP contribution in [0.4, 0.5) is 18.0 Å². The van der Waals surface area contributed by atoms with Crippen molar-refractivity contribution in [2.45, 2.75) is 26.6 Å². The second-order valence-electron chi connectivity index (χ2n) is 3.52. The Hall–Kier alpha value is -2.25. The third-order valence-corrected chi connectivity index (χ3v) is 2.27. The van der Waals surface area contributed by atoms with Gasteiger partial charge in [-0.3, -0.25) is 0 Å². The zero-order valence-electron chi connectivity index (χ0n) is 11.7. The van der Waals surface area contributed by atoms with Gasteiger partial charge in [0.1, 0.15) is 0 Å². The van der Waals surface area contributed by atoms with Crippen LogP contribution in [0.3, 0.4) is 0 Å². The highest BCUT2D eigenvalue weighted by Crippen LogP contribution is 2.32. The summed E-state index contributed by atoms with van der Waals surface area (Å²) in [6.45, 7) is 3.49. The Morgan fingerprint density at radius 3 is 2.29 bits per heavy atom. The number of methoxy groups -OCH3 is 1. The van der Waals surface area contributed by atoms with Gasteiger partial charge in [-0.15, -0.1) is 0 Å². The molecule has 0 spiro atoms. The van der Waals surface area contributed by atoms with E-state index in [-0.39, 0.29) is 11.1 Å². The number of esters is 1. The van der Waals surface area contributed by atoms with Crippen molar-refractivity contribution >= 4 is 12.1 Å². The summed E-state index contributed by atoms with van der Waals surface area (Å²) in [5, 5.41) is 10.2. The van der Waals surface area contributed by atoms with E-state index in [1.807, 2.05) is 19.2 Å². The lowest BCUT2D eigenvalue weighted by atomic mass is 10.0. The van der Waals surface area contributed by atoms with Crippen LogP contribution in [0.15, 0.2) is 18.2 Å². The number of hydrogen-bond donors (Lipinski definition) is 2. The van der Waals surface area contributed by atoms with Gasteiger partial charge in [0.25, 0.3) is 0 Å². The van der Waals surface area contributed by atoms with Crippen LogP contribution in [0, 0.1) is 0 Å². The van der Waals surface area contributed by atoms with E-state index in [0.29, 0.717) is 6.07 Å². The molecule has 0 aliphatic heterocycles. The molecule has 1 amide bonds. The quantitative estimate of drug-likeness (QED) is 0.840. The average Bonchev–Trinajstić information content (AvgIpc) is 2.45. The lowest BCUT2D eigenvalue weighted by Crippen LogP contribution is -2.22. The summed E-state index contributed by atoms with van der Waals surface area (Å²) in [6.07, 6.45) is -6.13. The molecular formula is C13H16F3NO4. The third-order valence-electron chi connectivity index (χ3n) is 2.27. The van der Waals surface area contributed by atoms with Crippen LogP contribution < -0.4 is 5.32 Å². The monoisotopic (exact) mass is 307 g/mol. The first-order valence-corrected chi connectivity index (χ1v) is 6.01. The molecule has 2 N–H and O–H groups in total. The van der Waals surface area contributed by atoms with Crippen molar-refractivity contribution in [3.63, 3.8) is 0 Å². The highest BCUT2D eigenvalue weighted by Gasteiger charge is 2.34. The van der Waals surface area contributed by atoms with E-state index in [9.17, 15) is 22.8 Å². The number of carbonyl (C=O) groups excluding carboxylic acids is 1. The van der Waals surface area contributed by atoms with Gasteiger partial charge in [0, 0.05) is 6.54 Å². The molecule has 1 aromatic rings. The van der Waals surface area contributed by atoms with Crippen molar-refractivity contribution in [3.05, 3.63) is 34.9 Å². The van der Waals surface area contributed by atoms with Crippen LogP contribution in [0.5, 0.6) is 0 Å². The molecule has 0 saturated heterocycles. The lowest BCUT2D eigenvalue weighted by molar-refractivity contribution is -0.138. The molecule has 0 saturated carbocycles. The zero-order chi connectivity index (χ0) is 16.6. The number of ether oxygens (including phenoxy) is 1. The Balaban J connectivity index is 0.00000191. The van der Waals surface area contributed by atoms with Gasteiger partial charge in [0.2, 0.25) is 0 Å². The number of alkyl halides is 3. The first-order chi connectivity index (χ1) is 9.75. The summed E-state index contributed by atoms with van der Waals surface area (Å²) < 4.78 is 42.7. The van der Waals surface area contributed by atoms with Crippen molar-refractivity contribution in [1.82, 2.24) is 5.32 Å². The molecule has 0 radical (unpaired) electrons. The molecule has 0 bridgehead atoms. The van der Waals surface area contributed by atoms with E-state index in [4.69, 9.17) is 5.11 Å². The largest absolute Gasteiger partial charge is 0.465 e. The van der Waals surface area contributed by atoms with Gasteiger partial charge in [-0.05, 0) is 17.7 Å². The zero-order valence-corrected chi connectivity index (χ0v) is 11.7. The second-order valence-corrected chi connectivity index (χ2v) is 3.52. The molecule has 21 heavy (non-hydrogen) atoms. The molecule has 5 nitrogen and oxygen atoms in total. The Morgan fingerprint density at radius 1 is 1.29 bits per heavy atom. The standard InChI is InChI=1S/C11H10F3NO4.C2H6/c1-19-9(16)6-2-3-7(5-15-10(17)18)8(4-6)11(12,13)14;1-2/h2-4,15H,5H2,1H3,(H,17,18);1-2H3. The molecule has 0 aliphatic rings. The second kappa shape index (κ2) is 8.13. The van der Waals surface area contributed by atoms with Crippen molar-refractivity contribution in [3.8, 4) is 0 Å².